The summed E-state index contributed by atoms with van der Waals surface area (Å²) in [6.45, 7) is 0. The van der Waals surface area contributed by atoms with Gasteiger partial charge in [0, 0.05) is 4.47 Å². The fourth-order valence-corrected chi connectivity index (χ4v) is 3.25. The van der Waals surface area contributed by atoms with Crippen LogP contribution in [0.15, 0.2) is 28.7 Å². The minimum atomic E-state index is -0.436. The Morgan fingerprint density at radius 1 is 1.31 bits per heavy atom. The number of halogens is 1. The topological polar surface area (TPSA) is 55.1 Å². The molecule has 2 rings (SSSR count). The Balaban J connectivity index is 2.48. The van der Waals surface area contributed by atoms with Gasteiger partial charge in [-0.1, -0.05) is 47.0 Å². The Morgan fingerprint density at radius 2 is 1.94 bits per heavy atom. The lowest BCUT2D eigenvalue weighted by molar-refractivity contribution is -0.126. The Hall–Kier alpha value is -0.870. The van der Waals surface area contributed by atoms with Crippen molar-refractivity contribution in [3.8, 4) is 0 Å². The van der Waals surface area contributed by atoms with E-state index in [9.17, 15) is 4.79 Å². The van der Waals surface area contributed by atoms with Gasteiger partial charge in [0.05, 0.1) is 5.41 Å². The number of amides is 1. The number of nitrogens with one attached hydrogen (secondary N) is 1. The second-order valence-corrected chi connectivity index (χ2v) is 5.10. The minimum absolute atomic E-state index is 0.0723. The number of carbonyl (C=O) groups is 1. The fourth-order valence-electron chi connectivity index (χ4n) is 2.58. The molecule has 0 radical (unpaired) electrons. The summed E-state index contributed by atoms with van der Waals surface area (Å²) in [5.74, 6) is 5.24. The van der Waals surface area contributed by atoms with Gasteiger partial charge < -0.3 is 0 Å². The van der Waals surface area contributed by atoms with E-state index in [0.29, 0.717) is 0 Å². The lowest BCUT2D eigenvalue weighted by Crippen LogP contribution is -2.45. The van der Waals surface area contributed by atoms with Gasteiger partial charge in [-0.3, -0.25) is 10.2 Å². The molecule has 1 aromatic rings. The molecule has 0 saturated heterocycles. The van der Waals surface area contributed by atoms with Crippen LogP contribution in [-0.4, -0.2) is 5.91 Å². The standard InChI is InChI=1S/C12H15BrN2O/c13-10-6-2-1-5-9(10)12(11(16)15-14)7-3-4-8-12/h1-2,5-6H,3-4,7-8,14H2,(H,15,16). The second-order valence-electron chi connectivity index (χ2n) is 4.24. The number of benzene rings is 1. The fraction of sp³-hybridized carbons (Fsp3) is 0.417. The molecule has 1 amide bonds. The summed E-state index contributed by atoms with van der Waals surface area (Å²) in [5.41, 5.74) is 2.93. The van der Waals surface area contributed by atoms with Gasteiger partial charge in [0.1, 0.15) is 0 Å². The maximum absolute atomic E-state index is 12.0. The summed E-state index contributed by atoms with van der Waals surface area (Å²) in [6.07, 6.45) is 3.90. The van der Waals surface area contributed by atoms with Crippen molar-refractivity contribution in [2.24, 2.45) is 5.84 Å². The monoisotopic (exact) mass is 282 g/mol. The number of hydrogen-bond acceptors (Lipinski definition) is 2. The molecule has 0 aromatic heterocycles. The second kappa shape index (κ2) is 4.55. The molecule has 1 aliphatic rings. The summed E-state index contributed by atoms with van der Waals surface area (Å²) in [7, 11) is 0. The third-order valence-corrected chi connectivity index (χ3v) is 4.10. The minimum Gasteiger partial charge on any atom is -0.293 e. The van der Waals surface area contributed by atoms with E-state index in [4.69, 9.17) is 5.84 Å². The largest absolute Gasteiger partial charge is 0.293 e. The predicted molar refractivity (Wildman–Crippen MR) is 66.6 cm³/mol. The molecule has 4 heteroatoms. The van der Waals surface area contributed by atoms with Crippen LogP contribution < -0.4 is 11.3 Å². The van der Waals surface area contributed by atoms with E-state index in [1.54, 1.807) is 0 Å². The van der Waals surface area contributed by atoms with Crippen LogP contribution in [0.25, 0.3) is 0 Å². The molecule has 1 fully saturated rings. The molecule has 86 valence electrons. The van der Waals surface area contributed by atoms with E-state index in [1.165, 1.54) is 0 Å². The smallest absolute Gasteiger partial charge is 0.244 e. The summed E-state index contributed by atoms with van der Waals surface area (Å²) >= 11 is 3.52. The Labute approximate surface area is 104 Å². The van der Waals surface area contributed by atoms with E-state index in [0.717, 1.165) is 35.7 Å². The zero-order chi connectivity index (χ0) is 11.6. The van der Waals surface area contributed by atoms with Crippen LogP contribution in [0.4, 0.5) is 0 Å². The van der Waals surface area contributed by atoms with Crippen molar-refractivity contribution < 1.29 is 4.79 Å². The lowest BCUT2D eigenvalue weighted by Gasteiger charge is -2.28. The van der Waals surface area contributed by atoms with Crippen LogP contribution in [-0.2, 0) is 10.2 Å². The number of hydrogen-bond donors (Lipinski definition) is 2. The van der Waals surface area contributed by atoms with Crippen LogP contribution >= 0.6 is 15.9 Å². The molecule has 0 aliphatic heterocycles. The van der Waals surface area contributed by atoms with Crippen LogP contribution in [0.3, 0.4) is 0 Å². The van der Waals surface area contributed by atoms with Crippen LogP contribution in [0.1, 0.15) is 31.2 Å². The van der Waals surface area contributed by atoms with Crippen molar-refractivity contribution >= 4 is 21.8 Å². The Bertz CT molecular complexity index is 400. The number of nitrogens with two attached hydrogens (primary N) is 1. The lowest BCUT2D eigenvalue weighted by atomic mass is 9.78. The van der Waals surface area contributed by atoms with Crippen molar-refractivity contribution in [2.75, 3.05) is 0 Å². The van der Waals surface area contributed by atoms with Gasteiger partial charge in [-0.2, -0.15) is 0 Å². The molecule has 0 unspecified atom stereocenters. The summed E-state index contributed by atoms with van der Waals surface area (Å²) < 4.78 is 0.987. The van der Waals surface area contributed by atoms with Crippen molar-refractivity contribution in [3.05, 3.63) is 34.3 Å². The van der Waals surface area contributed by atoms with Crippen LogP contribution in [0, 0.1) is 0 Å². The van der Waals surface area contributed by atoms with E-state index < -0.39 is 5.41 Å². The first-order valence-corrected chi connectivity index (χ1v) is 6.26. The number of hydrazine groups is 1. The average Bonchev–Trinajstić information content (AvgIpc) is 2.79. The molecule has 1 aromatic carbocycles. The zero-order valence-corrected chi connectivity index (χ0v) is 10.6. The first-order chi connectivity index (χ1) is 7.70. The van der Waals surface area contributed by atoms with Gasteiger partial charge in [-0.15, -0.1) is 0 Å². The highest BCUT2D eigenvalue weighted by atomic mass is 79.9. The van der Waals surface area contributed by atoms with Crippen LogP contribution in [0.5, 0.6) is 0 Å². The van der Waals surface area contributed by atoms with Crippen LogP contribution in [0.2, 0.25) is 0 Å². The van der Waals surface area contributed by atoms with Gasteiger partial charge in [-0.25, -0.2) is 5.84 Å². The number of carbonyl (C=O) groups excluding carboxylic acids is 1. The van der Waals surface area contributed by atoms with E-state index in [2.05, 4.69) is 21.4 Å². The normalized spacial score (nSPS) is 18.4. The molecule has 0 spiro atoms. The summed E-state index contributed by atoms with van der Waals surface area (Å²) in [6, 6.07) is 7.89. The van der Waals surface area contributed by atoms with Crippen molar-refractivity contribution in [2.45, 2.75) is 31.1 Å². The molecule has 0 heterocycles. The van der Waals surface area contributed by atoms with Gasteiger partial charge in [0.25, 0.3) is 0 Å². The summed E-state index contributed by atoms with van der Waals surface area (Å²) in [5, 5.41) is 0. The maximum Gasteiger partial charge on any atom is 0.244 e. The van der Waals surface area contributed by atoms with E-state index in [-0.39, 0.29) is 5.91 Å². The molecule has 1 saturated carbocycles. The molecule has 0 bridgehead atoms. The third kappa shape index (κ3) is 1.76. The quantitative estimate of drug-likeness (QED) is 0.497. The maximum atomic E-state index is 12.0. The molecule has 0 atom stereocenters. The van der Waals surface area contributed by atoms with Crippen molar-refractivity contribution in [1.82, 2.24) is 5.43 Å². The van der Waals surface area contributed by atoms with Gasteiger partial charge >= 0.3 is 0 Å². The first-order valence-electron chi connectivity index (χ1n) is 5.47. The van der Waals surface area contributed by atoms with E-state index in [1.807, 2.05) is 24.3 Å². The van der Waals surface area contributed by atoms with Gasteiger partial charge in [0.15, 0.2) is 0 Å². The highest BCUT2D eigenvalue weighted by Gasteiger charge is 2.43. The molecular weight excluding hydrogens is 268 g/mol. The van der Waals surface area contributed by atoms with E-state index >= 15 is 0 Å². The highest BCUT2D eigenvalue weighted by Crippen LogP contribution is 2.43. The average molecular weight is 283 g/mol. The summed E-state index contributed by atoms with van der Waals surface area (Å²) in [4.78, 5) is 12.0. The number of rotatable bonds is 2. The molecule has 3 N–H and O–H groups in total. The molecule has 16 heavy (non-hydrogen) atoms. The molecule has 1 aliphatic carbocycles. The Kier molecular flexibility index (Phi) is 3.30. The van der Waals surface area contributed by atoms with Crippen molar-refractivity contribution in [3.63, 3.8) is 0 Å². The molecular formula is C12H15BrN2O. The zero-order valence-electron chi connectivity index (χ0n) is 9.00. The first kappa shape index (κ1) is 11.6. The predicted octanol–water partition coefficient (Wildman–Crippen LogP) is 2.25. The molecule has 3 nitrogen and oxygen atoms in total. The van der Waals surface area contributed by atoms with Gasteiger partial charge in [0.2, 0.25) is 5.91 Å². The Morgan fingerprint density at radius 3 is 2.50 bits per heavy atom. The SMILES string of the molecule is NNC(=O)C1(c2ccccc2Br)CCCC1. The third-order valence-electron chi connectivity index (χ3n) is 3.41. The van der Waals surface area contributed by atoms with Crippen molar-refractivity contribution in [1.29, 1.82) is 0 Å². The highest BCUT2D eigenvalue weighted by molar-refractivity contribution is 9.10. The van der Waals surface area contributed by atoms with Gasteiger partial charge in [-0.05, 0) is 24.5 Å².